The number of ether oxygens (including phenoxy) is 1. The van der Waals surface area contributed by atoms with Crippen LogP contribution >= 0.6 is 0 Å². The van der Waals surface area contributed by atoms with Crippen LogP contribution in [0.4, 0.5) is 13.2 Å². The molecule has 0 bridgehead atoms. The molecule has 0 aliphatic rings. The fourth-order valence-corrected chi connectivity index (χ4v) is 1.83. The SMILES string of the molecule is C[C@H](O[C@H](C)[C@@H](C#N)N[S@@+]([O-])C(C)(C)C)C(F)(F)F. The van der Waals surface area contributed by atoms with Crippen LogP contribution in [0.1, 0.15) is 34.6 Å². The van der Waals surface area contributed by atoms with E-state index in [1.807, 2.05) is 0 Å². The first-order chi connectivity index (χ1) is 8.39. The second kappa shape index (κ2) is 6.79. The average Bonchev–Trinajstić information content (AvgIpc) is 2.22. The highest BCUT2D eigenvalue weighted by atomic mass is 32.2. The van der Waals surface area contributed by atoms with Gasteiger partial charge in [0.2, 0.25) is 0 Å². The maximum absolute atomic E-state index is 12.3. The molecule has 0 heterocycles. The molecular formula is C11H19F3N2O2S. The van der Waals surface area contributed by atoms with Gasteiger partial charge in [-0.2, -0.15) is 18.4 Å². The minimum atomic E-state index is -4.49. The second-order valence-electron chi connectivity index (χ2n) is 5.13. The smallest absolute Gasteiger partial charge is 0.414 e. The van der Waals surface area contributed by atoms with Crippen LogP contribution < -0.4 is 4.72 Å². The summed E-state index contributed by atoms with van der Waals surface area (Å²) < 4.78 is 55.4. The normalized spacial score (nSPS) is 19.4. The standard InChI is InChI=1S/C11H19F3N2O2S/c1-7(18-8(2)11(12,13)14)9(6-15)16-19(17)10(3,4)5/h7-9,16H,1-5H3/t7-,8+,9-,19+/m1/s1. The van der Waals surface area contributed by atoms with Gasteiger partial charge in [-0.1, -0.05) is 0 Å². The zero-order valence-electron chi connectivity index (χ0n) is 11.5. The van der Waals surface area contributed by atoms with Gasteiger partial charge in [0, 0.05) is 11.4 Å². The van der Waals surface area contributed by atoms with Crippen LogP contribution in [-0.4, -0.2) is 33.7 Å². The summed E-state index contributed by atoms with van der Waals surface area (Å²) in [7, 11) is 0. The molecule has 0 fully saturated rings. The third kappa shape index (κ3) is 6.47. The van der Waals surface area contributed by atoms with E-state index in [4.69, 9.17) is 10.00 Å². The number of nitriles is 1. The highest BCUT2D eigenvalue weighted by Gasteiger charge is 2.40. The Morgan fingerprint density at radius 3 is 2.05 bits per heavy atom. The lowest BCUT2D eigenvalue weighted by molar-refractivity contribution is -0.225. The number of halogens is 3. The Kier molecular flexibility index (Phi) is 6.62. The van der Waals surface area contributed by atoms with Gasteiger partial charge in [0.05, 0.1) is 12.2 Å². The van der Waals surface area contributed by atoms with Crippen LogP contribution in [0.3, 0.4) is 0 Å². The average molecular weight is 300 g/mol. The molecule has 0 radical (unpaired) electrons. The van der Waals surface area contributed by atoms with Crippen molar-refractivity contribution in [3.8, 4) is 6.07 Å². The Balaban J connectivity index is 4.59. The molecule has 0 aromatic heterocycles. The van der Waals surface area contributed by atoms with E-state index in [-0.39, 0.29) is 0 Å². The van der Waals surface area contributed by atoms with Gasteiger partial charge in [-0.05, 0) is 34.6 Å². The predicted octanol–water partition coefficient (Wildman–Crippen LogP) is 2.29. The highest BCUT2D eigenvalue weighted by Crippen LogP contribution is 2.24. The minimum absolute atomic E-state index is 0.621. The molecule has 0 spiro atoms. The van der Waals surface area contributed by atoms with Crippen molar-refractivity contribution in [2.75, 3.05) is 0 Å². The van der Waals surface area contributed by atoms with Gasteiger partial charge in [0.25, 0.3) is 0 Å². The molecule has 8 heteroatoms. The summed E-state index contributed by atoms with van der Waals surface area (Å²) in [6, 6.07) is 0.686. The quantitative estimate of drug-likeness (QED) is 0.791. The molecule has 4 nitrogen and oxygen atoms in total. The zero-order valence-corrected chi connectivity index (χ0v) is 12.4. The van der Waals surface area contributed by atoms with Crippen molar-refractivity contribution in [2.45, 2.75) is 63.8 Å². The van der Waals surface area contributed by atoms with Gasteiger partial charge in [-0.15, -0.1) is 4.72 Å². The third-order valence-corrected chi connectivity index (χ3v) is 3.86. The van der Waals surface area contributed by atoms with Crippen molar-refractivity contribution in [2.24, 2.45) is 0 Å². The number of hydrogen-bond acceptors (Lipinski definition) is 4. The molecule has 4 atom stereocenters. The van der Waals surface area contributed by atoms with Gasteiger partial charge >= 0.3 is 6.18 Å². The first-order valence-electron chi connectivity index (χ1n) is 5.69. The van der Waals surface area contributed by atoms with Crippen molar-refractivity contribution in [3.05, 3.63) is 0 Å². The van der Waals surface area contributed by atoms with Crippen molar-refractivity contribution in [1.82, 2.24) is 4.72 Å². The van der Waals surface area contributed by atoms with E-state index in [0.717, 1.165) is 6.92 Å². The van der Waals surface area contributed by atoms with Crippen LogP contribution in [-0.2, 0) is 16.1 Å². The molecule has 0 aromatic rings. The lowest BCUT2D eigenvalue weighted by atomic mass is 10.2. The third-order valence-electron chi connectivity index (χ3n) is 2.28. The summed E-state index contributed by atoms with van der Waals surface area (Å²) in [4.78, 5) is 0. The van der Waals surface area contributed by atoms with E-state index < -0.39 is 40.5 Å². The Morgan fingerprint density at radius 1 is 1.26 bits per heavy atom. The molecule has 19 heavy (non-hydrogen) atoms. The van der Waals surface area contributed by atoms with Gasteiger partial charge in [-0.3, -0.25) is 0 Å². The predicted molar refractivity (Wildman–Crippen MR) is 66.5 cm³/mol. The van der Waals surface area contributed by atoms with Crippen LogP contribution in [0.15, 0.2) is 0 Å². The number of nitrogens with one attached hydrogen (secondary N) is 1. The first kappa shape index (κ1) is 18.5. The Morgan fingerprint density at radius 2 is 1.74 bits per heavy atom. The summed E-state index contributed by atoms with van der Waals surface area (Å²) in [6.07, 6.45) is -7.51. The van der Waals surface area contributed by atoms with Gasteiger partial charge in [0.15, 0.2) is 12.1 Å². The van der Waals surface area contributed by atoms with Gasteiger partial charge < -0.3 is 9.29 Å². The van der Waals surface area contributed by atoms with Crippen LogP contribution in [0, 0.1) is 11.3 Å². The number of rotatable bonds is 5. The van der Waals surface area contributed by atoms with E-state index >= 15 is 0 Å². The molecule has 0 aliphatic carbocycles. The molecule has 0 saturated heterocycles. The number of hydrogen-bond donors (Lipinski definition) is 1. The first-order valence-corrected chi connectivity index (χ1v) is 6.84. The van der Waals surface area contributed by atoms with Crippen LogP contribution in [0.5, 0.6) is 0 Å². The Hall–Kier alpha value is -0.490. The highest BCUT2D eigenvalue weighted by molar-refractivity contribution is 7.90. The minimum Gasteiger partial charge on any atom is -0.598 e. The summed E-state index contributed by atoms with van der Waals surface area (Å²) in [5.41, 5.74) is 0. The van der Waals surface area contributed by atoms with Crippen molar-refractivity contribution in [3.63, 3.8) is 0 Å². The van der Waals surface area contributed by atoms with Gasteiger partial charge in [-0.25, -0.2) is 0 Å². The van der Waals surface area contributed by atoms with Crippen molar-refractivity contribution < 1.29 is 22.5 Å². The van der Waals surface area contributed by atoms with Crippen LogP contribution in [0.2, 0.25) is 0 Å². The van der Waals surface area contributed by atoms with Crippen molar-refractivity contribution >= 4 is 11.4 Å². The fourth-order valence-electron chi connectivity index (χ4n) is 0.997. The lowest BCUT2D eigenvalue weighted by Gasteiger charge is -2.29. The molecule has 0 unspecified atom stereocenters. The Bertz CT molecular complexity index is 325. The monoisotopic (exact) mass is 300 g/mol. The maximum atomic E-state index is 12.3. The molecule has 0 saturated carbocycles. The molecule has 112 valence electrons. The molecule has 0 rings (SSSR count). The number of alkyl halides is 3. The largest absolute Gasteiger partial charge is 0.598 e. The van der Waals surface area contributed by atoms with Crippen molar-refractivity contribution in [1.29, 1.82) is 5.26 Å². The Labute approximate surface area is 114 Å². The number of nitrogens with zero attached hydrogens (tertiary/aromatic N) is 1. The van der Waals surface area contributed by atoms with E-state index in [9.17, 15) is 17.7 Å². The summed E-state index contributed by atoms with van der Waals surface area (Å²) in [5, 5.41) is 8.92. The second-order valence-corrected chi connectivity index (χ2v) is 7.13. The molecule has 0 amide bonds. The van der Waals surface area contributed by atoms with Gasteiger partial charge in [0.1, 0.15) is 4.75 Å². The van der Waals surface area contributed by atoms with E-state index in [1.165, 1.54) is 6.92 Å². The maximum Gasteiger partial charge on any atom is 0.414 e. The lowest BCUT2D eigenvalue weighted by Crippen LogP contribution is -2.50. The fraction of sp³-hybridized carbons (Fsp3) is 0.909. The summed E-state index contributed by atoms with van der Waals surface area (Å²) in [5.74, 6) is 0. The zero-order chi connectivity index (χ0) is 15.4. The molecule has 0 aliphatic heterocycles. The van der Waals surface area contributed by atoms with E-state index in [2.05, 4.69) is 4.72 Å². The van der Waals surface area contributed by atoms with Crippen LogP contribution in [0.25, 0.3) is 0 Å². The molecular weight excluding hydrogens is 281 g/mol. The van der Waals surface area contributed by atoms with E-state index in [1.54, 1.807) is 26.8 Å². The van der Waals surface area contributed by atoms with E-state index in [0.29, 0.717) is 0 Å². The topological polar surface area (TPSA) is 68.1 Å². The summed E-state index contributed by atoms with van der Waals surface area (Å²) in [6.45, 7) is 7.27. The molecule has 0 aromatic carbocycles. The summed E-state index contributed by atoms with van der Waals surface area (Å²) >= 11 is -1.56. The molecule has 1 N–H and O–H groups in total.